The molecule has 3 heterocycles. The maximum absolute atomic E-state index is 4.64. The number of fused-ring (bicyclic) bond motifs is 1. The van der Waals surface area contributed by atoms with Crippen LogP contribution in [0.3, 0.4) is 0 Å². The number of nitrogens with zero attached hydrogens (tertiary/aromatic N) is 4. The van der Waals surface area contributed by atoms with Crippen molar-refractivity contribution in [1.82, 2.24) is 24.5 Å². The molecule has 94 valence electrons. The Balaban J connectivity index is 2.01. The van der Waals surface area contributed by atoms with Gasteiger partial charge in [-0.3, -0.25) is 4.40 Å². The lowest BCUT2D eigenvalue weighted by molar-refractivity contribution is 0.655. The Kier molecular flexibility index (Phi) is 3.12. The van der Waals surface area contributed by atoms with Crippen LogP contribution in [0.2, 0.25) is 0 Å². The normalized spacial score (nSPS) is 11.4. The molecule has 3 rings (SSSR count). The molecule has 18 heavy (non-hydrogen) atoms. The number of imidazole rings is 1. The summed E-state index contributed by atoms with van der Waals surface area (Å²) < 4.78 is 3.95. The Morgan fingerprint density at radius 1 is 1.39 bits per heavy atom. The van der Waals surface area contributed by atoms with E-state index in [1.165, 1.54) is 0 Å². The molecular formula is C12H15N5S. The van der Waals surface area contributed by atoms with E-state index >= 15 is 0 Å². The maximum Gasteiger partial charge on any atom is 0.196 e. The zero-order valence-corrected chi connectivity index (χ0v) is 11.0. The van der Waals surface area contributed by atoms with Crippen molar-refractivity contribution in [1.29, 1.82) is 0 Å². The Bertz CT molecular complexity index is 622. The van der Waals surface area contributed by atoms with Crippen LogP contribution in [0.25, 0.3) is 10.8 Å². The molecule has 0 saturated heterocycles. The summed E-state index contributed by atoms with van der Waals surface area (Å²) in [6.45, 7) is 3.98. The SMILES string of the molecule is CCCNCc1c(-n2cccn2)nc2sccn12. The highest BCUT2D eigenvalue weighted by Gasteiger charge is 2.14. The summed E-state index contributed by atoms with van der Waals surface area (Å²) >= 11 is 1.64. The minimum atomic E-state index is 0.806. The van der Waals surface area contributed by atoms with Crippen molar-refractivity contribution in [3.8, 4) is 5.82 Å². The molecule has 0 spiro atoms. The summed E-state index contributed by atoms with van der Waals surface area (Å²) in [5.41, 5.74) is 1.16. The first kappa shape index (κ1) is 11.4. The first-order valence-electron chi connectivity index (χ1n) is 6.05. The van der Waals surface area contributed by atoms with Gasteiger partial charge in [0.2, 0.25) is 0 Å². The average molecular weight is 261 g/mol. The number of thiazole rings is 1. The van der Waals surface area contributed by atoms with Crippen molar-refractivity contribution < 1.29 is 0 Å². The minimum absolute atomic E-state index is 0.806. The molecule has 0 unspecified atom stereocenters. The first-order valence-corrected chi connectivity index (χ1v) is 6.93. The predicted octanol–water partition coefficient (Wildman–Crippen LogP) is 2.08. The van der Waals surface area contributed by atoms with Crippen LogP contribution in [0.1, 0.15) is 19.0 Å². The molecule has 0 aliphatic heterocycles. The summed E-state index contributed by atoms with van der Waals surface area (Å²) in [6, 6.07) is 1.91. The van der Waals surface area contributed by atoms with Gasteiger partial charge in [-0.15, -0.1) is 11.3 Å². The van der Waals surface area contributed by atoms with Gasteiger partial charge in [0, 0.05) is 30.5 Å². The fourth-order valence-electron chi connectivity index (χ4n) is 1.95. The van der Waals surface area contributed by atoms with E-state index in [1.807, 2.05) is 16.9 Å². The third-order valence-corrected chi connectivity index (χ3v) is 3.54. The molecular weight excluding hydrogens is 246 g/mol. The van der Waals surface area contributed by atoms with Gasteiger partial charge in [0.1, 0.15) is 0 Å². The van der Waals surface area contributed by atoms with E-state index in [0.717, 1.165) is 36.0 Å². The summed E-state index contributed by atoms with van der Waals surface area (Å²) in [5.74, 6) is 0.912. The highest BCUT2D eigenvalue weighted by atomic mass is 32.1. The average Bonchev–Trinajstić information content (AvgIpc) is 3.05. The van der Waals surface area contributed by atoms with Crippen LogP contribution in [0.15, 0.2) is 30.0 Å². The van der Waals surface area contributed by atoms with E-state index < -0.39 is 0 Å². The third-order valence-electron chi connectivity index (χ3n) is 2.78. The van der Waals surface area contributed by atoms with Crippen LogP contribution in [-0.4, -0.2) is 25.7 Å². The molecule has 3 aromatic heterocycles. The van der Waals surface area contributed by atoms with Crippen molar-refractivity contribution in [2.24, 2.45) is 0 Å². The summed E-state index contributed by atoms with van der Waals surface area (Å²) in [5, 5.41) is 9.75. The van der Waals surface area contributed by atoms with E-state index in [1.54, 1.807) is 17.5 Å². The van der Waals surface area contributed by atoms with Gasteiger partial charge in [0.25, 0.3) is 0 Å². The van der Waals surface area contributed by atoms with Crippen molar-refractivity contribution in [3.63, 3.8) is 0 Å². The Morgan fingerprint density at radius 2 is 2.33 bits per heavy atom. The molecule has 0 radical (unpaired) electrons. The highest BCUT2D eigenvalue weighted by molar-refractivity contribution is 7.15. The van der Waals surface area contributed by atoms with Crippen molar-refractivity contribution in [3.05, 3.63) is 35.7 Å². The molecule has 6 heteroatoms. The molecule has 0 aromatic carbocycles. The van der Waals surface area contributed by atoms with Crippen LogP contribution in [0.4, 0.5) is 0 Å². The van der Waals surface area contributed by atoms with Crippen molar-refractivity contribution in [2.75, 3.05) is 6.54 Å². The van der Waals surface area contributed by atoms with Crippen molar-refractivity contribution in [2.45, 2.75) is 19.9 Å². The second-order valence-electron chi connectivity index (χ2n) is 4.07. The first-order chi connectivity index (χ1) is 8.90. The monoisotopic (exact) mass is 261 g/mol. The van der Waals surface area contributed by atoms with Gasteiger partial charge in [0.05, 0.1) is 5.69 Å². The molecule has 0 aliphatic rings. The molecule has 0 aliphatic carbocycles. The lowest BCUT2D eigenvalue weighted by atomic mass is 10.4. The zero-order chi connectivity index (χ0) is 12.4. The van der Waals surface area contributed by atoms with E-state index in [4.69, 9.17) is 0 Å². The number of hydrogen-bond donors (Lipinski definition) is 1. The Hall–Kier alpha value is -1.66. The fraction of sp³-hybridized carbons (Fsp3) is 0.333. The zero-order valence-electron chi connectivity index (χ0n) is 10.2. The van der Waals surface area contributed by atoms with Crippen LogP contribution in [-0.2, 0) is 6.54 Å². The van der Waals surface area contributed by atoms with Gasteiger partial charge in [-0.1, -0.05) is 6.92 Å². The molecule has 1 N–H and O–H groups in total. The van der Waals surface area contributed by atoms with E-state index in [-0.39, 0.29) is 0 Å². The largest absolute Gasteiger partial charge is 0.311 e. The molecule has 3 aromatic rings. The second-order valence-corrected chi connectivity index (χ2v) is 4.94. The Labute approximate surface area is 109 Å². The van der Waals surface area contributed by atoms with Gasteiger partial charge in [-0.05, 0) is 19.0 Å². The van der Waals surface area contributed by atoms with Gasteiger partial charge in [0.15, 0.2) is 10.8 Å². The molecule has 0 amide bonds. The lowest BCUT2D eigenvalue weighted by Crippen LogP contribution is -2.16. The quantitative estimate of drug-likeness (QED) is 0.715. The smallest absolute Gasteiger partial charge is 0.196 e. The fourth-order valence-corrected chi connectivity index (χ4v) is 2.67. The number of rotatable bonds is 5. The van der Waals surface area contributed by atoms with E-state index in [9.17, 15) is 0 Å². The third kappa shape index (κ3) is 1.93. The standard InChI is InChI=1S/C12H15N5S/c1-2-4-13-9-10-11(17-6-3-5-14-17)15-12-16(10)7-8-18-12/h3,5-8,13H,2,4,9H2,1H3. The molecule has 0 fully saturated rings. The summed E-state index contributed by atoms with van der Waals surface area (Å²) in [7, 11) is 0. The minimum Gasteiger partial charge on any atom is -0.311 e. The Morgan fingerprint density at radius 3 is 3.11 bits per heavy atom. The topological polar surface area (TPSA) is 47.2 Å². The molecule has 0 saturated carbocycles. The second kappa shape index (κ2) is 4.91. The molecule has 0 bridgehead atoms. The predicted molar refractivity (Wildman–Crippen MR) is 72.2 cm³/mol. The van der Waals surface area contributed by atoms with Crippen LogP contribution < -0.4 is 5.32 Å². The molecule has 5 nitrogen and oxygen atoms in total. The van der Waals surface area contributed by atoms with Gasteiger partial charge < -0.3 is 5.32 Å². The number of nitrogens with one attached hydrogen (secondary N) is 1. The summed E-state index contributed by atoms with van der Waals surface area (Å²) in [6.07, 6.45) is 6.89. The number of aromatic nitrogens is 4. The highest BCUT2D eigenvalue weighted by Crippen LogP contribution is 2.19. The van der Waals surface area contributed by atoms with Crippen molar-refractivity contribution >= 4 is 16.3 Å². The van der Waals surface area contributed by atoms with E-state index in [0.29, 0.717) is 0 Å². The lowest BCUT2D eigenvalue weighted by Gasteiger charge is -2.05. The summed E-state index contributed by atoms with van der Waals surface area (Å²) in [4.78, 5) is 5.64. The van der Waals surface area contributed by atoms with Crippen LogP contribution in [0.5, 0.6) is 0 Å². The van der Waals surface area contributed by atoms with Gasteiger partial charge >= 0.3 is 0 Å². The van der Waals surface area contributed by atoms with Crippen LogP contribution >= 0.6 is 11.3 Å². The van der Waals surface area contributed by atoms with E-state index in [2.05, 4.69) is 38.3 Å². The number of hydrogen-bond acceptors (Lipinski definition) is 4. The van der Waals surface area contributed by atoms with Gasteiger partial charge in [-0.2, -0.15) is 10.1 Å². The maximum atomic E-state index is 4.64. The molecule has 0 atom stereocenters. The van der Waals surface area contributed by atoms with Crippen LogP contribution in [0, 0.1) is 0 Å². The van der Waals surface area contributed by atoms with Gasteiger partial charge in [-0.25, -0.2) is 4.68 Å².